The SMILES string of the molecule is COC(=O)C1(c2ncc(-c3ccncc3)[nH]2)CC1. The highest BCUT2D eigenvalue weighted by molar-refractivity contribution is 5.85. The molecule has 5 heteroatoms. The van der Waals surface area contributed by atoms with Crippen LogP contribution in [0.4, 0.5) is 0 Å². The van der Waals surface area contributed by atoms with Gasteiger partial charge in [0.1, 0.15) is 11.2 Å². The van der Waals surface area contributed by atoms with Gasteiger partial charge in [0.05, 0.1) is 19.0 Å². The van der Waals surface area contributed by atoms with Crippen molar-refractivity contribution in [1.29, 1.82) is 0 Å². The van der Waals surface area contributed by atoms with Crippen LogP contribution in [0.25, 0.3) is 11.3 Å². The number of carbonyl (C=O) groups is 1. The van der Waals surface area contributed by atoms with Crippen LogP contribution in [0.5, 0.6) is 0 Å². The molecule has 1 N–H and O–H groups in total. The number of imidazole rings is 1. The third kappa shape index (κ3) is 1.59. The van der Waals surface area contributed by atoms with E-state index < -0.39 is 5.41 Å². The van der Waals surface area contributed by atoms with Crippen LogP contribution in [-0.4, -0.2) is 28.0 Å². The molecule has 0 atom stereocenters. The first-order valence-electron chi connectivity index (χ1n) is 5.80. The highest BCUT2D eigenvalue weighted by Gasteiger charge is 2.55. The van der Waals surface area contributed by atoms with E-state index in [9.17, 15) is 4.79 Å². The van der Waals surface area contributed by atoms with Crippen LogP contribution in [0.3, 0.4) is 0 Å². The molecule has 92 valence electrons. The smallest absolute Gasteiger partial charge is 0.319 e. The van der Waals surface area contributed by atoms with Crippen LogP contribution in [-0.2, 0) is 14.9 Å². The minimum absolute atomic E-state index is 0.210. The van der Waals surface area contributed by atoms with Crippen LogP contribution in [0.2, 0.25) is 0 Å². The first kappa shape index (κ1) is 11.0. The van der Waals surface area contributed by atoms with Gasteiger partial charge in [0.15, 0.2) is 0 Å². The van der Waals surface area contributed by atoms with Gasteiger partial charge in [0.2, 0.25) is 0 Å². The van der Waals surface area contributed by atoms with Crippen molar-refractivity contribution in [3.63, 3.8) is 0 Å². The van der Waals surface area contributed by atoms with Gasteiger partial charge in [0.25, 0.3) is 0 Å². The van der Waals surface area contributed by atoms with Crippen molar-refractivity contribution in [3.8, 4) is 11.3 Å². The number of rotatable bonds is 3. The Kier molecular flexibility index (Phi) is 2.40. The lowest BCUT2D eigenvalue weighted by Gasteiger charge is -2.08. The van der Waals surface area contributed by atoms with Crippen molar-refractivity contribution < 1.29 is 9.53 Å². The van der Waals surface area contributed by atoms with Gasteiger partial charge in [-0.25, -0.2) is 4.98 Å². The number of nitrogens with zero attached hydrogens (tertiary/aromatic N) is 2. The first-order chi connectivity index (χ1) is 8.76. The van der Waals surface area contributed by atoms with Gasteiger partial charge in [0, 0.05) is 18.0 Å². The number of aromatic nitrogens is 3. The average Bonchev–Trinajstić information content (AvgIpc) is 3.09. The summed E-state index contributed by atoms with van der Waals surface area (Å²) in [5, 5.41) is 0. The maximum atomic E-state index is 11.8. The fourth-order valence-corrected chi connectivity index (χ4v) is 2.10. The van der Waals surface area contributed by atoms with Crippen molar-refractivity contribution in [3.05, 3.63) is 36.5 Å². The van der Waals surface area contributed by atoms with Crippen molar-refractivity contribution in [2.75, 3.05) is 7.11 Å². The molecule has 1 aliphatic carbocycles. The molecule has 0 aliphatic heterocycles. The predicted octanol–water partition coefficient (Wildman–Crippen LogP) is 1.68. The summed E-state index contributed by atoms with van der Waals surface area (Å²) in [5.41, 5.74) is 1.35. The number of hydrogen-bond acceptors (Lipinski definition) is 4. The molecule has 0 aromatic carbocycles. The van der Waals surface area contributed by atoms with Crippen molar-refractivity contribution >= 4 is 5.97 Å². The van der Waals surface area contributed by atoms with Crippen LogP contribution >= 0.6 is 0 Å². The number of aromatic amines is 1. The number of hydrogen-bond donors (Lipinski definition) is 1. The van der Waals surface area contributed by atoms with Gasteiger partial charge in [-0.1, -0.05) is 0 Å². The van der Waals surface area contributed by atoms with Gasteiger partial charge < -0.3 is 9.72 Å². The second-order valence-corrected chi connectivity index (χ2v) is 4.46. The number of esters is 1. The van der Waals surface area contributed by atoms with E-state index in [0.29, 0.717) is 5.82 Å². The standard InChI is InChI=1S/C13H13N3O2/c1-18-12(17)13(4-5-13)11-15-8-10(16-11)9-2-6-14-7-3-9/h2-3,6-8H,4-5H2,1H3,(H,15,16). The third-order valence-corrected chi connectivity index (χ3v) is 3.35. The fraction of sp³-hybridized carbons (Fsp3) is 0.308. The molecule has 0 spiro atoms. The summed E-state index contributed by atoms with van der Waals surface area (Å²) < 4.78 is 4.84. The number of methoxy groups -OCH3 is 1. The molecule has 0 amide bonds. The van der Waals surface area contributed by atoms with Crippen LogP contribution < -0.4 is 0 Å². The molecule has 3 rings (SSSR count). The summed E-state index contributed by atoms with van der Waals surface area (Å²) in [4.78, 5) is 23.2. The second kappa shape index (κ2) is 3.94. The molecular formula is C13H13N3O2. The second-order valence-electron chi connectivity index (χ2n) is 4.46. The molecular weight excluding hydrogens is 230 g/mol. The highest BCUT2D eigenvalue weighted by Crippen LogP contribution is 2.48. The van der Waals surface area contributed by atoms with Crippen LogP contribution in [0, 0.1) is 0 Å². The van der Waals surface area contributed by atoms with E-state index in [-0.39, 0.29) is 5.97 Å². The zero-order valence-electron chi connectivity index (χ0n) is 10.0. The Hall–Kier alpha value is -2.17. The molecule has 1 saturated carbocycles. The van der Waals surface area contributed by atoms with E-state index in [1.54, 1.807) is 18.6 Å². The number of pyridine rings is 1. The molecule has 1 aliphatic rings. The van der Waals surface area contributed by atoms with E-state index in [2.05, 4.69) is 15.0 Å². The summed E-state index contributed by atoms with van der Waals surface area (Å²) in [7, 11) is 1.41. The lowest BCUT2D eigenvalue weighted by Crippen LogP contribution is -2.23. The number of carbonyl (C=O) groups excluding carboxylic acids is 1. The molecule has 0 radical (unpaired) electrons. The van der Waals surface area contributed by atoms with E-state index in [4.69, 9.17) is 4.74 Å². The Morgan fingerprint density at radius 2 is 2.11 bits per heavy atom. The zero-order chi connectivity index (χ0) is 12.6. The highest BCUT2D eigenvalue weighted by atomic mass is 16.5. The van der Waals surface area contributed by atoms with Crippen molar-refractivity contribution in [2.45, 2.75) is 18.3 Å². The Labute approximate surface area is 104 Å². The third-order valence-electron chi connectivity index (χ3n) is 3.35. The number of ether oxygens (including phenoxy) is 1. The minimum atomic E-state index is -0.542. The quantitative estimate of drug-likeness (QED) is 0.833. The minimum Gasteiger partial charge on any atom is -0.468 e. The average molecular weight is 243 g/mol. The largest absolute Gasteiger partial charge is 0.468 e. The Morgan fingerprint density at radius 1 is 1.39 bits per heavy atom. The van der Waals surface area contributed by atoms with E-state index in [0.717, 1.165) is 24.1 Å². The van der Waals surface area contributed by atoms with Crippen molar-refractivity contribution in [2.24, 2.45) is 0 Å². The molecule has 2 aromatic heterocycles. The summed E-state index contributed by atoms with van der Waals surface area (Å²) in [5.74, 6) is 0.485. The Bertz CT molecular complexity index is 573. The topological polar surface area (TPSA) is 67.9 Å². The van der Waals surface area contributed by atoms with Gasteiger partial charge in [-0.15, -0.1) is 0 Å². The van der Waals surface area contributed by atoms with E-state index in [1.165, 1.54) is 7.11 Å². The molecule has 0 saturated heterocycles. The lowest BCUT2D eigenvalue weighted by atomic mass is 10.1. The number of H-pyrrole nitrogens is 1. The maximum Gasteiger partial charge on any atom is 0.319 e. The molecule has 5 nitrogen and oxygen atoms in total. The molecule has 1 fully saturated rings. The van der Waals surface area contributed by atoms with Crippen LogP contribution in [0.1, 0.15) is 18.7 Å². The summed E-state index contributed by atoms with van der Waals surface area (Å²) >= 11 is 0. The molecule has 2 aromatic rings. The first-order valence-corrected chi connectivity index (χ1v) is 5.80. The summed E-state index contributed by atoms with van der Waals surface area (Å²) in [6.07, 6.45) is 6.78. The molecule has 0 bridgehead atoms. The molecule has 2 heterocycles. The van der Waals surface area contributed by atoms with Crippen LogP contribution in [0.15, 0.2) is 30.7 Å². The van der Waals surface area contributed by atoms with Gasteiger partial charge in [-0.3, -0.25) is 9.78 Å². The normalized spacial score (nSPS) is 16.3. The fourth-order valence-electron chi connectivity index (χ4n) is 2.10. The molecule has 0 unspecified atom stereocenters. The molecule has 18 heavy (non-hydrogen) atoms. The summed E-state index contributed by atoms with van der Waals surface area (Å²) in [6.45, 7) is 0. The monoisotopic (exact) mass is 243 g/mol. The van der Waals surface area contributed by atoms with Crippen molar-refractivity contribution in [1.82, 2.24) is 15.0 Å². The number of nitrogens with one attached hydrogen (secondary N) is 1. The Balaban J connectivity index is 1.94. The predicted molar refractivity (Wildman–Crippen MR) is 64.7 cm³/mol. The Morgan fingerprint density at radius 3 is 2.72 bits per heavy atom. The summed E-state index contributed by atoms with van der Waals surface area (Å²) in [6, 6.07) is 3.80. The maximum absolute atomic E-state index is 11.8. The van der Waals surface area contributed by atoms with Gasteiger partial charge >= 0.3 is 5.97 Å². The lowest BCUT2D eigenvalue weighted by molar-refractivity contribution is -0.143. The zero-order valence-corrected chi connectivity index (χ0v) is 10.0. The van der Waals surface area contributed by atoms with E-state index >= 15 is 0 Å². The van der Waals surface area contributed by atoms with Gasteiger partial charge in [-0.05, 0) is 25.0 Å². The van der Waals surface area contributed by atoms with Gasteiger partial charge in [-0.2, -0.15) is 0 Å². The van der Waals surface area contributed by atoms with E-state index in [1.807, 2.05) is 12.1 Å².